The fourth-order valence-electron chi connectivity index (χ4n) is 0.781. The minimum absolute atomic E-state index is 0.859. The van der Waals surface area contributed by atoms with E-state index in [0.717, 1.165) is 18.1 Å². The van der Waals surface area contributed by atoms with Crippen molar-refractivity contribution in [1.29, 1.82) is 0 Å². The van der Waals surface area contributed by atoms with Gasteiger partial charge in [0.2, 0.25) is 0 Å². The summed E-state index contributed by atoms with van der Waals surface area (Å²) in [5.41, 5.74) is 0. The number of unbranched alkanes of at least 4 members (excludes halogenated alkanes) is 1. The summed E-state index contributed by atoms with van der Waals surface area (Å²) < 4.78 is 11.8. The number of rotatable bonds is 6. The van der Waals surface area contributed by atoms with Crippen LogP contribution >= 0.6 is 17.7 Å². The zero-order valence-electron chi connectivity index (χ0n) is 7.80. The monoisotopic (exact) mass is 194 g/mol. The van der Waals surface area contributed by atoms with E-state index in [2.05, 4.69) is 6.92 Å². The van der Waals surface area contributed by atoms with Crippen LogP contribution in [0.2, 0.25) is 0 Å². The van der Waals surface area contributed by atoms with Crippen molar-refractivity contribution in [3.8, 4) is 0 Å². The van der Waals surface area contributed by atoms with Crippen molar-refractivity contribution < 1.29 is 4.57 Å². The van der Waals surface area contributed by atoms with Gasteiger partial charge in [-0.05, 0) is 6.42 Å². The lowest BCUT2D eigenvalue weighted by atomic mass is 10.4. The van der Waals surface area contributed by atoms with Crippen molar-refractivity contribution in [2.75, 3.05) is 18.1 Å². The topological polar surface area (TPSA) is 17.1 Å². The Labute approximate surface area is 74.5 Å². The molecule has 0 saturated carbocycles. The van der Waals surface area contributed by atoms with Gasteiger partial charge in [-0.2, -0.15) is 0 Å². The molecule has 0 aromatic carbocycles. The minimum Gasteiger partial charge on any atom is -0.312 e. The molecule has 0 bridgehead atoms. The van der Waals surface area contributed by atoms with E-state index in [9.17, 15) is 4.57 Å². The van der Waals surface area contributed by atoms with Crippen LogP contribution in [0.3, 0.4) is 0 Å². The molecule has 68 valence electrons. The fourth-order valence-corrected chi connectivity index (χ4v) is 4.83. The Morgan fingerprint density at radius 1 is 1.18 bits per heavy atom. The maximum absolute atomic E-state index is 11.8. The molecule has 0 aliphatic carbocycles. The van der Waals surface area contributed by atoms with Gasteiger partial charge in [0.05, 0.1) is 0 Å². The summed E-state index contributed by atoms with van der Waals surface area (Å²) in [7, 11) is 0. The molecule has 0 N–H and O–H groups in total. The Bertz CT molecular complexity index is 128. The Balaban J connectivity index is 3.61. The van der Waals surface area contributed by atoms with E-state index < -0.39 is 6.34 Å². The predicted molar refractivity (Wildman–Crippen MR) is 56.1 cm³/mol. The highest BCUT2D eigenvalue weighted by Gasteiger charge is 2.16. The standard InChI is InChI=1S/C8H19OPS/c1-4-7-8-11-10(9,5-2)6-3/h4-8H2,1-3H3. The molecule has 11 heavy (non-hydrogen) atoms. The van der Waals surface area contributed by atoms with Crippen LogP contribution in [0.15, 0.2) is 0 Å². The molecule has 0 radical (unpaired) electrons. The maximum atomic E-state index is 11.8. The molecule has 0 aliphatic heterocycles. The van der Waals surface area contributed by atoms with Crippen molar-refractivity contribution in [2.24, 2.45) is 0 Å². The first-order chi connectivity index (χ1) is 5.18. The molecule has 0 aromatic rings. The van der Waals surface area contributed by atoms with Gasteiger partial charge in [0.25, 0.3) is 0 Å². The first-order valence-corrected chi connectivity index (χ1v) is 8.08. The van der Waals surface area contributed by atoms with Gasteiger partial charge in [-0.25, -0.2) is 0 Å². The van der Waals surface area contributed by atoms with Crippen LogP contribution in [0, 0.1) is 0 Å². The van der Waals surface area contributed by atoms with Crippen molar-refractivity contribution in [2.45, 2.75) is 33.6 Å². The lowest BCUT2D eigenvalue weighted by Gasteiger charge is -2.12. The third-order valence-electron chi connectivity index (χ3n) is 1.79. The summed E-state index contributed by atoms with van der Waals surface area (Å²) in [6.45, 7) is 6.23. The second kappa shape index (κ2) is 6.14. The van der Waals surface area contributed by atoms with E-state index in [-0.39, 0.29) is 0 Å². The summed E-state index contributed by atoms with van der Waals surface area (Å²) in [6.07, 6.45) is 2.34. The van der Waals surface area contributed by atoms with Crippen LogP contribution < -0.4 is 0 Å². The van der Waals surface area contributed by atoms with Gasteiger partial charge in [-0.15, -0.1) is 0 Å². The van der Waals surface area contributed by atoms with Crippen LogP contribution in [0.5, 0.6) is 0 Å². The van der Waals surface area contributed by atoms with Crippen LogP contribution in [0.1, 0.15) is 33.6 Å². The SMILES string of the molecule is CCCCSP(=O)(CC)CC. The van der Waals surface area contributed by atoms with E-state index >= 15 is 0 Å². The zero-order chi connectivity index (χ0) is 8.74. The Hall–Kier alpha value is 0.580. The van der Waals surface area contributed by atoms with Crippen LogP contribution in [-0.2, 0) is 4.57 Å². The van der Waals surface area contributed by atoms with Gasteiger partial charge < -0.3 is 4.57 Å². The van der Waals surface area contributed by atoms with Gasteiger partial charge in [0.15, 0.2) is 0 Å². The molecule has 0 aromatic heterocycles. The molecule has 0 aliphatic rings. The summed E-state index contributed by atoms with van der Waals surface area (Å²) in [5.74, 6) is 1.08. The second-order valence-electron chi connectivity index (χ2n) is 2.63. The largest absolute Gasteiger partial charge is 0.312 e. The van der Waals surface area contributed by atoms with Crippen molar-refractivity contribution in [1.82, 2.24) is 0 Å². The Kier molecular flexibility index (Phi) is 6.46. The van der Waals surface area contributed by atoms with E-state index in [1.807, 2.05) is 13.8 Å². The maximum Gasteiger partial charge on any atom is 0.138 e. The van der Waals surface area contributed by atoms with Crippen molar-refractivity contribution in [3.05, 3.63) is 0 Å². The van der Waals surface area contributed by atoms with Gasteiger partial charge in [-0.1, -0.05) is 38.6 Å². The lowest BCUT2D eigenvalue weighted by Crippen LogP contribution is -1.86. The first-order valence-electron chi connectivity index (χ1n) is 4.41. The first kappa shape index (κ1) is 11.6. The molecular formula is C8H19OPS. The third kappa shape index (κ3) is 4.92. The molecule has 1 nitrogen and oxygen atoms in total. The normalized spacial score (nSPS) is 11.9. The molecule has 0 unspecified atom stereocenters. The smallest absolute Gasteiger partial charge is 0.138 e. The highest BCUT2D eigenvalue weighted by atomic mass is 32.7. The summed E-state index contributed by atoms with van der Waals surface area (Å²) in [5, 5.41) is 0. The molecule has 0 fully saturated rings. The minimum atomic E-state index is -1.79. The fraction of sp³-hybridized carbons (Fsp3) is 1.00. The molecular weight excluding hydrogens is 175 g/mol. The van der Waals surface area contributed by atoms with Gasteiger partial charge in [-0.3, -0.25) is 0 Å². The summed E-state index contributed by atoms with van der Waals surface area (Å²) in [6, 6.07) is 0. The number of hydrogen-bond acceptors (Lipinski definition) is 2. The van der Waals surface area contributed by atoms with Crippen LogP contribution in [0.4, 0.5) is 0 Å². The predicted octanol–water partition coefficient (Wildman–Crippen LogP) is 3.84. The van der Waals surface area contributed by atoms with Crippen molar-refractivity contribution in [3.63, 3.8) is 0 Å². The highest BCUT2D eigenvalue weighted by Crippen LogP contribution is 2.57. The zero-order valence-corrected chi connectivity index (χ0v) is 9.51. The molecule has 0 atom stereocenters. The van der Waals surface area contributed by atoms with Crippen molar-refractivity contribution >= 4 is 17.7 Å². The van der Waals surface area contributed by atoms with Gasteiger partial charge in [0, 0.05) is 18.1 Å². The number of hydrogen-bond donors (Lipinski definition) is 0. The lowest BCUT2D eigenvalue weighted by molar-refractivity contribution is 0.586. The molecule has 0 saturated heterocycles. The van der Waals surface area contributed by atoms with E-state index in [4.69, 9.17) is 0 Å². The molecule has 0 amide bonds. The van der Waals surface area contributed by atoms with Crippen LogP contribution in [-0.4, -0.2) is 18.1 Å². The van der Waals surface area contributed by atoms with E-state index in [1.54, 1.807) is 11.4 Å². The van der Waals surface area contributed by atoms with E-state index in [1.165, 1.54) is 12.8 Å². The third-order valence-corrected chi connectivity index (χ3v) is 8.17. The quantitative estimate of drug-likeness (QED) is 0.472. The Morgan fingerprint density at radius 2 is 1.73 bits per heavy atom. The summed E-state index contributed by atoms with van der Waals surface area (Å²) in [4.78, 5) is 0. The molecule has 0 heterocycles. The molecule has 0 rings (SSSR count). The average Bonchev–Trinajstić information content (AvgIpc) is 2.05. The molecule has 0 spiro atoms. The van der Waals surface area contributed by atoms with Crippen LogP contribution in [0.25, 0.3) is 0 Å². The average molecular weight is 194 g/mol. The van der Waals surface area contributed by atoms with Gasteiger partial charge >= 0.3 is 0 Å². The molecule has 3 heteroatoms. The highest BCUT2D eigenvalue weighted by molar-refractivity contribution is 8.58. The summed E-state index contributed by atoms with van der Waals surface area (Å²) >= 11 is 1.70. The second-order valence-corrected chi connectivity index (χ2v) is 8.97. The van der Waals surface area contributed by atoms with E-state index in [0.29, 0.717) is 0 Å². The Morgan fingerprint density at radius 3 is 2.09 bits per heavy atom. The van der Waals surface area contributed by atoms with Gasteiger partial charge in [0.1, 0.15) is 6.34 Å².